The Balaban J connectivity index is 1.33. The van der Waals surface area contributed by atoms with E-state index in [-0.39, 0.29) is 29.9 Å². The van der Waals surface area contributed by atoms with E-state index in [1.54, 1.807) is 40.8 Å². The van der Waals surface area contributed by atoms with Gasteiger partial charge in [0.15, 0.2) is 0 Å². The second-order valence-corrected chi connectivity index (χ2v) is 11.0. The number of anilines is 3. The Hall–Kier alpha value is -3.74. The van der Waals surface area contributed by atoms with Crippen molar-refractivity contribution in [3.63, 3.8) is 0 Å². The van der Waals surface area contributed by atoms with E-state index in [2.05, 4.69) is 58.3 Å². The van der Waals surface area contributed by atoms with Crippen LogP contribution in [0.15, 0.2) is 69.8 Å². The van der Waals surface area contributed by atoms with Crippen LogP contribution in [0.4, 0.5) is 21.7 Å². The Labute approximate surface area is 235 Å². The van der Waals surface area contributed by atoms with Gasteiger partial charge >= 0.3 is 0 Å². The fourth-order valence-corrected chi connectivity index (χ4v) is 5.98. The molecular formula is C27H24BrFN8OS. The van der Waals surface area contributed by atoms with Crippen molar-refractivity contribution < 1.29 is 4.39 Å². The van der Waals surface area contributed by atoms with Crippen LogP contribution in [0.2, 0.25) is 0 Å². The van der Waals surface area contributed by atoms with E-state index in [0.717, 1.165) is 35.8 Å². The van der Waals surface area contributed by atoms with Crippen LogP contribution in [0.5, 0.6) is 0 Å². The molecule has 1 aromatic carbocycles. The first-order chi connectivity index (χ1) is 19.0. The van der Waals surface area contributed by atoms with Gasteiger partial charge in [0.25, 0.3) is 5.56 Å². The summed E-state index contributed by atoms with van der Waals surface area (Å²) in [6, 6.07) is 10.7. The second-order valence-electron chi connectivity index (χ2n) is 9.25. The van der Waals surface area contributed by atoms with E-state index in [4.69, 9.17) is 0 Å². The fourth-order valence-electron chi connectivity index (χ4n) is 4.75. The minimum atomic E-state index is -0.316. The molecule has 2 N–H and O–H groups in total. The molecule has 12 heteroatoms. The van der Waals surface area contributed by atoms with Crippen LogP contribution in [0.25, 0.3) is 22.3 Å². The molecule has 1 atom stereocenters. The number of hydrogen-bond acceptors (Lipinski definition) is 9. The van der Waals surface area contributed by atoms with E-state index in [0.29, 0.717) is 26.9 Å². The number of pyridine rings is 2. The summed E-state index contributed by atoms with van der Waals surface area (Å²) in [7, 11) is 0. The van der Waals surface area contributed by atoms with Crippen molar-refractivity contribution in [1.29, 1.82) is 0 Å². The van der Waals surface area contributed by atoms with Crippen molar-refractivity contribution in [2.75, 3.05) is 29.9 Å². The van der Waals surface area contributed by atoms with Crippen molar-refractivity contribution in [2.45, 2.75) is 19.5 Å². The van der Waals surface area contributed by atoms with E-state index in [9.17, 15) is 4.79 Å². The van der Waals surface area contributed by atoms with Crippen LogP contribution in [-0.4, -0.2) is 50.2 Å². The summed E-state index contributed by atoms with van der Waals surface area (Å²) < 4.78 is 17.1. The summed E-state index contributed by atoms with van der Waals surface area (Å²) in [5.41, 5.74) is 4.81. The minimum Gasteiger partial charge on any atom is -0.364 e. The van der Waals surface area contributed by atoms with Crippen LogP contribution in [0.1, 0.15) is 11.8 Å². The van der Waals surface area contributed by atoms with Gasteiger partial charge in [-0.2, -0.15) is 4.98 Å². The highest BCUT2D eigenvalue weighted by molar-refractivity contribution is 9.10. The molecule has 5 aromatic rings. The molecule has 0 radical (unpaired) electrons. The van der Waals surface area contributed by atoms with Crippen LogP contribution in [-0.2, 0) is 6.54 Å². The highest BCUT2D eigenvalue weighted by Crippen LogP contribution is 2.28. The first-order valence-electron chi connectivity index (χ1n) is 12.4. The van der Waals surface area contributed by atoms with Crippen molar-refractivity contribution in [1.82, 2.24) is 29.8 Å². The van der Waals surface area contributed by atoms with Gasteiger partial charge in [0.05, 0.1) is 32.8 Å². The summed E-state index contributed by atoms with van der Waals surface area (Å²) in [6.07, 6.45) is 5.07. The lowest BCUT2D eigenvalue weighted by molar-refractivity contribution is 0.491. The molecule has 1 aliphatic rings. The van der Waals surface area contributed by atoms with E-state index in [1.807, 2.05) is 18.2 Å². The molecule has 0 aliphatic carbocycles. The number of benzene rings is 1. The molecule has 1 saturated heterocycles. The van der Waals surface area contributed by atoms with Gasteiger partial charge in [-0.15, -0.1) is 11.3 Å². The van der Waals surface area contributed by atoms with E-state index >= 15 is 4.39 Å². The zero-order chi connectivity index (χ0) is 26.9. The number of halogens is 2. The number of nitrogens with zero attached hydrogens (tertiary/aromatic N) is 6. The third-order valence-corrected chi connectivity index (χ3v) is 8.08. The van der Waals surface area contributed by atoms with Crippen LogP contribution >= 0.6 is 27.3 Å². The summed E-state index contributed by atoms with van der Waals surface area (Å²) in [6.45, 7) is 4.73. The van der Waals surface area contributed by atoms with Crippen LogP contribution in [0.3, 0.4) is 0 Å². The molecule has 0 spiro atoms. The fraction of sp³-hybridized carbons (Fsp3) is 0.222. The Morgan fingerprint density at radius 3 is 2.85 bits per heavy atom. The summed E-state index contributed by atoms with van der Waals surface area (Å²) in [4.78, 5) is 33.9. The van der Waals surface area contributed by atoms with Crippen LogP contribution in [0, 0.1) is 5.82 Å². The molecule has 1 aliphatic heterocycles. The van der Waals surface area contributed by atoms with Crippen molar-refractivity contribution >= 4 is 55.6 Å². The highest BCUT2D eigenvalue weighted by atomic mass is 79.9. The predicted octanol–water partition coefficient (Wildman–Crippen LogP) is 4.80. The Kier molecular flexibility index (Phi) is 7.07. The molecule has 1 fully saturated rings. The normalized spacial score (nSPS) is 15.6. The lowest BCUT2D eigenvalue weighted by Crippen LogP contribution is -2.50. The Morgan fingerprint density at radius 2 is 2.05 bits per heavy atom. The maximum absolute atomic E-state index is 15.1. The Bertz CT molecular complexity index is 1710. The van der Waals surface area contributed by atoms with Crippen molar-refractivity contribution in [2.24, 2.45) is 0 Å². The largest absolute Gasteiger partial charge is 0.364 e. The van der Waals surface area contributed by atoms with Crippen molar-refractivity contribution in [3.8, 4) is 11.3 Å². The van der Waals surface area contributed by atoms with E-state index in [1.165, 1.54) is 17.4 Å². The highest BCUT2D eigenvalue weighted by Gasteiger charge is 2.21. The number of hydrogen-bond donors (Lipinski definition) is 2. The molecule has 4 aromatic heterocycles. The Morgan fingerprint density at radius 1 is 1.21 bits per heavy atom. The monoisotopic (exact) mass is 606 g/mol. The molecule has 0 bridgehead atoms. The molecule has 39 heavy (non-hydrogen) atoms. The predicted molar refractivity (Wildman–Crippen MR) is 155 cm³/mol. The molecular weight excluding hydrogens is 583 g/mol. The lowest BCUT2D eigenvalue weighted by atomic mass is 10.1. The summed E-state index contributed by atoms with van der Waals surface area (Å²) in [5, 5.41) is 7.11. The molecule has 9 nitrogen and oxygen atoms in total. The van der Waals surface area contributed by atoms with Gasteiger partial charge in [-0.25, -0.2) is 14.4 Å². The SMILES string of the molecule is CC1CNCCN1c1ccc(Nc2ncc3cc(Br)c(=O)n(Cc4scnc4-c4ccncc4)c3n2)cc1F. The number of rotatable bonds is 6. The quantitative estimate of drug-likeness (QED) is 0.284. The zero-order valence-corrected chi connectivity index (χ0v) is 23.3. The average Bonchev–Trinajstić information content (AvgIpc) is 3.41. The molecule has 1 unspecified atom stereocenters. The molecule has 0 amide bonds. The third kappa shape index (κ3) is 5.14. The number of thiazole rings is 1. The minimum absolute atomic E-state index is 0.199. The topological polar surface area (TPSA) is 101 Å². The molecule has 6 rings (SSSR count). The van der Waals surface area contributed by atoms with Crippen LogP contribution < -0.4 is 21.1 Å². The van der Waals surface area contributed by atoms with Gasteiger partial charge in [-0.3, -0.25) is 14.3 Å². The maximum Gasteiger partial charge on any atom is 0.266 e. The van der Waals surface area contributed by atoms with Gasteiger partial charge in [0, 0.05) is 60.9 Å². The molecule has 198 valence electrons. The number of piperazine rings is 1. The van der Waals surface area contributed by atoms with Gasteiger partial charge < -0.3 is 15.5 Å². The van der Waals surface area contributed by atoms with Crippen molar-refractivity contribution in [3.05, 3.63) is 86.0 Å². The van der Waals surface area contributed by atoms with E-state index < -0.39 is 0 Å². The smallest absolute Gasteiger partial charge is 0.266 e. The summed E-state index contributed by atoms with van der Waals surface area (Å²) >= 11 is 4.85. The first kappa shape index (κ1) is 25.5. The summed E-state index contributed by atoms with van der Waals surface area (Å²) in [5.74, 6) is -0.0523. The number of nitrogens with one attached hydrogen (secondary N) is 2. The zero-order valence-electron chi connectivity index (χ0n) is 20.9. The van der Waals surface area contributed by atoms with Gasteiger partial charge in [0.2, 0.25) is 5.95 Å². The third-order valence-electron chi connectivity index (χ3n) is 6.69. The lowest BCUT2D eigenvalue weighted by Gasteiger charge is -2.36. The standard InChI is InChI=1S/C27H24BrFN8OS/c1-16-12-31-8-9-36(16)22-3-2-19(11-21(22)29)34-27-32-13-18-10-20(28)26(38)37(25(18)35-27)14-23-24(33-15-39-23)17-4-6-30-7-5-17/h2-7,10-11,13,15-16,31H,8-9,12,14H2,1H3,(H,32,34,35). The maximum atomic E-state index is 15.1. The molecule has 0 saturated carbocycles. The first-order valence-corrected chi connectivity index (χ1v) is 14.1. The average molecular weight is 608 g/mol. The van der Waals surface area contributed by atoms with Gasteiger partial charge in [-0.1, -0.05) is 0 Å². The number of aromatic nitrogens is 5. The van der Waals surface area contributed by atoms with Gasteiger partial charge in [-0.05, 0) is 59.3 Å². The molecule has 5 heterocycles. The number of fused-ring (bicyclic) bond motifs is 1. The second kappa shape index (κ2) is 10.8. The van der Waals surface area contributed by atoms with Gasteiger partial charge in [0.1, 0.15) is 11.5 Å².